The van der Waals surface area contributed by atoms with E-state index < -0.39 is 6.10 Å². The van der Waals surface area contributed by atoms with E-state index in [9.17, 15) is 5.11 Å². The highest BCUT2D eigenvalue weighted by atomic mass is 16.5. The van der Waals surface area contributed by atoms with Crippen LogP contribution in [0.4, 0.5) is 0 Å². The third kappa shape index (κ3) is 5.77. The molecule has 2 atom stereocenters. The second kappa shape index (κ2) is 9.19. The first-order valence-corrected chi connectivity index (χ1v) is 8.16. The largest absolute Gasteiger partial charge is 0.389 e. The van der Waals surface area contributed by atoms with E-state index in [1.807, 2.05) is 37.3 Å². The van der Waals surface area contributed by atoms with Gasteiger partial charge in [0.25, 0.3) is 0 Å². The molecule has 0 spiro atoms. The maximum absolute atomic E-state index is 10.1. The zero-order chi connectivity index (χ0) is 15.7. The molecule has 2 N–H and O–H groups in total. The van der Waals surface area contributed by atoms with Crippen molar-refractivity contribution in [3.05, 3.63) is 35.9 Å². The lowest BCUT2D eigenvalue weighted by Gasteiger charge is -2.33. The van der Waals surface area contributed by atoms with Gasteiger partial charge in [0.15, 0.2) is 0 Å². The van der Waals surface area contributed by atoms with Crippen LogP contribution in [-0.2, 0) is 4.74 Å². The first-order valence-electron chi connectivity index (χ1n) is 8.16. The first kappa shape index (κ1) is 18.1. The number of ether oxygens (including phenoxy) is 1. The molecular weight excluding hydrogens is 262 g/mol. The van der Waals surface area contributed by atoms with Gasteiger partial charge in [0.05, 0.1) is 18.8 Å². The maximum Gasteiger partial charge on any atom is 0.0898 e. The van der Waals surface area contributed by atoms with E-state index in [1.165, 1.54) is 0 Å². The van der Waals surface area contributed by atoms with Gasteiger partial charge in [-0.25, -0.2) is 0 Å². The molecule has 1 aromatic rings. The Bertz CT molecular complexity index is 368. The van der Waals surface area contributed by atoms with Crippen LogP contribution in [0.15, 0.2) is 30.3 Å². The number of hydrogen-bond donors (Lipinski definition) is 2. The highest BCUT2D eigenvalue weighted by Gasteiger charge is 2.23. The van der Waals surface area contributed by atoms with E-state index in [1.54, 1.807) is 0 Å². The third-order valence-electron chi connectivity index (χ3n) is 4.55. The zero-order valence-electron chi connectivity index (χ0n) is 13.9. The van der Waals surface area contributed by atoms with Gasteiger partial charge in [-0.15, -0.1) is 0 Å². The van der Waals surface area contributed by atoms with E-state index in [-0.39, 0.29) is 11.6 Å². The number of aliphatic hydroxyl groups excluding tert-OH is 1. The van der Waals surface area contributed by atoms with Crippen molar-refractivity contribution in [3.63, 3.8) is 0 Å². The van der Waals surface area contributed by atoms with Crippen molar-refractivity contribution in [3.8, 4) is 0 Å². The lowest BCUT2D eigenvalue weighted by atomic mass is 9.89. The lowest BCUT2D eigenvalue weighted by molar-refractivity contribution is -0.00520. The Kier molecular flexibility index (Phi) is 7.94. The SMILES string of the molecule is CCC(CC)(CC)NCC(O)COC(C)c1ccccc1. The summed E-state index contributed by atoms with van der Waals surface area (Å²) in [5.74, 6) is 0. The highest BCUT2D eigenvalue weighted by molar-refractivity contribution is 5.16. The maximum atomic E-state index is 10.1. The molecule has 0 aliphatic carbocycles. The predicted molar refractivity (Wildman–Crippen MR) is 88.4 cm³/mol. The van der Waals surface area contributed by atoms with Crippen molar-refractivity contribution in [2.24, 2.45) is 0 Å². The molecule has 0 aliphatic rings. The minimum absolute atomic E-state index is 0.00846. The number of benzene rings is 1. The quantitative estimate of drug-likeness (QED) is 0.691. The number of nitrogens with one attached hydrogen (secondary N) is 1. The summed E-state index contributed by atoms with van der Waals surface area (Å²) in [6, 6.07) is 10.1. The number of β-amino-alcohol motifs (C(OH)–C–C–N with tert-alkyl or cyclic N) is 1. The van der Waals surface area contributed by atoms with Crippen LogP contribution < -0.4 is 5.32 Å². The normalized spacial score (nSPS) is 14.9. The third-order valence-corrected chi connectivity index (χ3v) is 4.55. The summed E-state index contributed by atoms with van der Waals surface area (Å²) < 4.78 is 5.77. The Hall–Kier alpha value is -0.900. The fourth-order valence-corrected chi connectivity index (χ4v) is 2.59. The van der Waals surface area contributed by atoms with E-state index in [0.29, 0.717) is 13.2 Å². The highest BCUT2D eigenvalue weighted by Crippen LogP contribution is 2.19. The summed E-state index contributed by atoms with van der Waals surface area (Å²) in [5, 5.41) is 13.6. The van der Waals surface area contributed by atoms with Crippen LogP contribution in [0.2, 0.25) is 0 Å². The summed E-state index contributed by atoms with van der Waals surface area (Å²) in [7, 11) is 0. The first-order chi connectivity index (χ1) is 10.1. The Labute approximate surface area is 129 Å². The van der Waals surface area contributed by atoms with Gasteiger partial charge in [-0.1, -0.05) is 51.1 Å². The summed E-state index contributed by atoms with van der Waals surface area (Å²) in [6.45, 7) is 9.54. The van der Waals surface area contributed by atoms with Crippen molar-refractivity contribution in [2.45, 2.75) is 64.7 Å². The fourth-order valence-electron chi connectivity index (χ4n) is 2.59. The van der Waals surface area contributed by atoms with Crippen molar-refractivity contribution in [1.82, 2.24) is 5.32 Å². The van der Waals surface area contributed by atoms with Crippen LogP contribution in [0.5, 0.6) is 0 Å². The monoisotopic (exact) mass is 293 g/mol. The predicted octanol–water partition coefficient (Wildman–Crippen LogP) is 3.68. The molecule has 0 saturated carbocycles. The van der Waals surface area contributed by atoms with Crippen LogP contribution in [0, 0.1) is 0 Å². The molecule has 0 saturated heterocycles. The van der Waals surface area contributed by atoms with Gasteiger partial charge in [0.1, 0.15) is 0 Å². The average Bonchev–Trinajstić information content (AvgIpc) is 2.55. The van der Waals surface area contributed by atoms with Crippen LogP contribution in [0.25, 0.3) is 0 Å². The number of aliphatic hydroxyl groups is 1. The fraction of sp³-hybridized carbons (Fsp3) is 0.667. The van der Waals surface area contributed by atoms with Gasteiger partial charge in [0.2, 0.25) is 0 Å². The second-order valence-corrected chi connectivity index (χ2v) is 5.76. The van der Waals surface area contributed by atoms with Gasteiger partial charge in [-0.3, -0.25) is 0 Å². The molecule has 21 heavy (non-hydrogen) atoms. The smallest absolute Gasteiger partial charge is 0.0898 e. The van der Waals surface area contributed by atoms with Crippen molar-refractivity contribution in [1.29, 1.82) is 0 Å². The van der Waals surface area contributed by atoms with E-state index >= 15 is 0 Å². The van der Waals surface area contributed by atoms with Gasteiger partial charge >= 0.3 is 0 Å². The van der Waals surface area contributed by atoms with Crippen molar-refractivity contribution in [2.75, 3.05) is 13.2 Å². The second-order valence-electron chi connectivity index (χ2n) is 5.76. The Morgan fingerprint density at radius 1 is 1.10 bits per heavy atom. The van der Waals surface area contributed by atoms with Crippen LogP contribution in [-0.4, -0.2) is 29.9 Å². The molecule has 1 aromatic carbocycles. The molecule has 2 unspecified atom stereocenters. The summed E-state index contributed by atoms with van der Waals surface area (Å²) in [6.07, 6.45) is 2.77. The minimum Gasteiger partial charge on any atom is -0.389 e. The number of rotatable bonds is 10. The zero-order valence-corrected chi connectivity index (χ0v) is 13.9. The average molecular weight is 293 g/mol. The number of hydrogen-bond acceptors (Lipinski definition) is 3. The van der Waals surface area contributed by atoms with Crippen LogP contribution in [0.1, 0.15) is 58.6 Å². The van der Waals surface area contributed by atoms with Crippen LogP contribution in [0.3, 0.4) is 0 Å². The van der Waals surface area contributed by atoms with E-state index in [0.717, 1.165) is 24.8 Å². The summed E-state index contributed by atoms with van der Waals surface area (Å²) in [5.41, 5.74) is 1.29. The van der Waals surface area contributed by atoms with Crippen molar-refractivity contribution >= 4 is 0 Å². The lowest BCUT2D eigenvalue weighted by Crippen LogP contribution is -2.47. The minimum atomic E-state index is -0.472. The van der Waals surface area contributed by atoms with E-state index in [2.05, 4.69) is 26.1 Å². The summed E-state index contributed by atoms with van der Waals surface area (Å²) in [4.78, 5) is 0. The molecule has 0 aliphatic heterocycles. The van der Waals surface area contributed by atoms with Crippen molar-refractivity contribution < 1.29 is 9.84 Å². The summed E-state index contributed by atoms with van der Waals surface area (Å²) >= 11 is 0. The van der Waals surface area contributed by atoms with Gasteiger partial charge in [-0.05, 0) is 31.7 Å². The molecule has 0 amide bonds. The van der Waals surface area contributed by atoms with Crippen LogP contribution >= 0.6 is 0 Å². The molecule has 3 nitrogen and oxygen atoms in total. The van der Waals surface area contributed by atoms with Gasteiger partial charge in [0, 0.05) is 12.1 Å². The molecule has 0 bridgehead atoms. The topological polar surface area (TPSA) is 41.5 Å². The Morgan fingerprint density at radius 3 is 2.19 bits per heavy atom. The molecule has 0 radical (unpaired) electrons. The molecule has 0 fully saturated rings. The Morgan fingerprint density at radius 2 is 1.67 bits per heavy atom. The molecule has 1 rings (SSSR count). The molecule has 0 aromatic heterocycles. The standard InChI is InChI=1S/C18H31NO2/c1-5-18(6-2,7-3)19-13-17(20)14-21-15(4)16-11-9-8-10-12-16/h8-12,15,17,19-20H,5-7,13-14H2,1-4H3. The van der Waals surface area contributed by atoms with E-state index in [4.69, 9.17) is 4.74 Å². The molecular formula is C18H31NO2. The van der Waals surface area contributed by atoms with Gasteiger partial charge < -0.3 is 15.2 Å². The molecule has 3 heteroatoms. The molecule has 0 heterocycles. The Balaban J connectivity index is 2.35. The molecule has 120 valence electrons. The van der Waals surface area contributed by atoms with Gasteiger partial charge in [-0.2, -0.15) is 0 Å².